The van der Waals surface area contributed by atoms with Crippen LogP contribution in [0.25, 0.3) is 0 Å². The van der Waals surface area contributed by atoms with E-state index < -0.39 is 14.9 Å². The molecule has 0 bridgehead atoms. The zero-order valence-corrected chi connectivity index (χ0v) is 12.8. The highest BCUT2D eigenvalue weighted by molar-refractivity contribution is 8.13. The van der Waals surface area contributed by atoms with Gasteiger partial charge in [-0.05, 0) is 44.4 Å². The molecule has 0 aliphatic heterocycles. The molecule has 0 atom stereocenters. The molecular formula is C13H15ClFNO3S. The lowest BCUT2D eigenvalue weighted by molar-refractivity contribution is 0.0751. The Morgan fingerprint density at radius 2 is 2.05 bits per heavy atom. The predicted octanol–water partition coefficient (Wildman–Crippen LogP) is 2.69. The van der Waals surface area contributed by atoms with Crippen LogP contribution in [0, 0.1) is 12.7 Å². The largest absolute Gasteiger partial charge is 0.336 e. The summed E-state index contributed by atoms with van der Waals surface area (Å²) in [5.41, 5.74) is 0.239. The predicted molar refractivity (Wildman–Crippen MR) is 73.9 cm³/mol. The van der Waals surface area contributed by atoms with Gasteiger partial charge in [0.05, 0.1) is 4.90 Å². The van der Waals surface area contributed by atoms with Gasteiger partial charge in [-0.2, -0.15) is 0 Å². The van der Waals surface area contributed by atoms with Crippen molar-refractivity contribution >= 4 is 25.6 Å². The van der Waals surface area contributed by atoms with E-state index in [1.165, 1.54) is 6.92 Å². The number of amides is 1. The van der Waals surface area contributed by atoms with Gasteiger partial charge >= 0.3 is 0 Å². The van der Waals surface area contributed by atoms with Crippen molar-refractivity contribution in [1.82, 2.24) is 4.90 Å². The molecule has 1 aromatic carbocycles. The molecular weight excluding hydrogens is 305 g/mol. The molecule has 1 fully saturated rings. The van der Waals surface area contributed by atoms with E-state index in [0.717, 1.165) is 25.0 Å². The van der Waals surface area contributed by atoms with Gasteiger partial charge in [0.2, 0.25) is 0 Å². The van der Waals surface area contributed by atoms with Gasteiger partial charge in [0, 0.05) is 28.8 Å². The Labute approximate surface area is 121 Å². The molecule has 7 heteroatoms. The Bertz CT molecular complexity index is 656. The van der Waals surface area contributed by atoms with Crippen molar-refractivity contribution in [3.8, 4) is 0 Å². The minimum absolute atomic E-state index is 0.0537. The molecule has 0 saturated heterocycles. The van der Waals surface area contributed by atoms with Crippen molar-refractivity contribution in [2.45, 2.75) is 37.6 Å². The number of hydrogen-bond acceptors (Lipinski definition) is 3. The number of nitrogens with zero attached hydrogens (tertiary/aromatic N) is 1. The van der Waals surface area contributed by atoms with E-state index in [2.05, 4.69) is 0 Å². The van der Waals surface area contributed by atoms with E-state index in [1.807, 2.05) is 6.92 Å². The number of hydrogen-bond donors (Lipinski definition) is 0. The Morgan fingerprint density at radius 1 is 1.45 bits per heavy atom. The fraction of sp³-hybridized carbons (Fsp3) is 0.462. The van der Waals surface area contributed by atoms with Gasteiger partial charge in [-0.15, -0.1) is 0 Å². The van der Waals surface area contributed by atoms with Crippen molar-refractivity contribution in [2.24, 2.45) is 0 Å². The molecule has 2 rings (SSSR count). The van der Waals surface area contributed by atoms with Crippen molar-refractivity contribution in [3.05, 3.63) is 29.1 Å². The molecule has 0 heterocycles. The first-order valence-corrected chi connectivity index (χ1v) is 8.62. The molecule has 1 amide bonds. The third-order valence-electron chi connectivity index (χ3n) is 3.41. The molecule has 110 valence electrons. The lowest BCUT2D eigenvalue weighted by Gasteiger charge is -2.22. The third kappa shape index (κ3) is 2.96. The molecule has 0 N–H and O–H groups in total. The summed E-state index contributed by atoms with van der Waals surface area (Å²) in [5, 5.41) is 0. The summed E-state index contributed by atoms with van der Waals surface area (Å²) < 4.78 is 36.5. The van der Waals surface area contributed by atoms with Crippen LogP contribution in [0.1, 0.15) is 35.7 Å². The molecule has 4 nitrogen and oxygen atoms in total. The molecule has 1 saturated carbocycles. The number of carbonyl (C=O) groups is 1. The van der Waals surface area contributed by atoms with Crippen molar-refractivity contribution in [3.63, 3.8) is 0 Å². The van der Waals surface area contributed by atoms with Crippen LogP contribution < -0.4 is 0 Å². The van der Waals surface area contributed by atoms with Gasteiger partial charge < -0.3 is 4.90 Å². The average molecular weight is 320 g/mol. The Balaban J connectivity index is 2.51. The summed E-state index contributed by atoms with van der Waals surface area (Å²) >= 11 is 0. The second-order valence-corrected chi connectivity index (χ2v) is 7.37. The van der Waals surface area contributed by atoms with E-state index >= 15 is 0 Å². The van der Waals surface area contributed by atoms with Crippen molar-refractivity contribution in [1.29, 1.82) is 0 Å². The minimum atomic E-state index is -4.09. The van der Waals surface area contributed by atoms with Crippen LogP contribution in [0.2, 0.25) is 0 Å². The van der Waals surface area contributed by atoms with Crippen LogP contribution in [0.3, 0.4) is 0 Å². The second-order valence-electron chi connectivity index (χ2n) is 4.84. The topological polar surface area (TPSA) is 54.5 Å². The molecule has 1 aromatic rings. The quantitative estimate of drug-likeness (QED) is 0.802. The van der Waals surface area contributed by atoms with Crippen molar-refractivity contribution in [2.75, 3.05) is 6.54 Å². The Hall–Kier alpha value is -1.14. The molecule has 0 aromatic heterocycles. The van der Waals surface area contributed by atoms with Crippen LogP contribution >= 0.6 is 10.7 Å². The van der Waals surface area contributed by atoms with Crippen LogP contribution in [0.5, 0.6) is 0 Å². The zero-order valence-electron chi connectivity index (χ0n) is 11.2. The molecule has 1 aliphatic rings. The van der Waals surface area contributed by atoms with E-state index in [-0.39, 0.29) is 28.0 Å². The molecule has 0 spiro atoms. The van der Waals surface area contributed by atoms with Crippen LogP contribution in [-0.4, -0.2) is 31.8 Å². The number of halogens is 2. The molecule has 20 heavy (non-hydrogen) atoms. The van der Waals surface area contributed by atoms with Gasteiger partial charge in [0.15, 0.2) is 0 Å². The summed E-state index contributed by atoms with van der Waals surface area (Å²) in [6.45, 7) is 3.80. The summed E-state index contributed by atoms with van der Waals surface area (Å²) in [6, 6.07) is 2.07. The molecule has 0 radical (unpaired) electrons. The summed E-state index contributed by atoms with van der Waals surface area (Å²) in [6.07, 6.45) is 1.85. The van der Waals surface area contributed by atoms with Crippen LogP contribution in [-0.2, 0) is 9.05 Å². The summed E-state index contributed by atoms with van der Waals surface area (Å²) in [5.74, 6) is -1.14. The SMILES string of the molecule is CCN(C(=O)c1cc(F)cc(S(=O)(=O)Cl)c1C)C1CC1. The Morgan fingerprint density at radius 3 is 2.50 bits per heavy atom. The highest BCUT2D eigenvalue weighted by Crippen LogP contribution is 2.30. The Kier molecular flexibility index (Phi) is 4.07. The van der Waals surface area contributed by atoms with Gasteiger partial charge in [-0.25, -0.2) is 12.8 Å². The van der Waals surface area contributed by atoms with Crippen LogP contribution in [0.4, 0.5) is 4.39 Å². The fourth-order valence-electron chi connectivity index (χ4n) is 2.24. The van der Waals surface area contributed by atoms with E-state index in [9.17, 15) is 17.6 Å². The third-order valence-corrected chi connectivity index (χ3v) is 4.86. The lowest BCUT2D eigenvalue weighted by atomic mass is 10.1. The standard InChI is InChI=1S/C13H15ClFNO3S/c1-3-16(10-4-5-10)13(17)11-6-9(15)7-12(8(11)2)20(14,18)19/h6-7,10H,3-5H2,1-2H3. The lowest BCUT2D eigenvalue weighted by Crippen LogP contribution is -2.33. The molecule has 1 aliphatic carbocycles. The first-order chi connectivity index (χ1) is 9.25. The first kappa shape index (κ1) is 15.3. The van der Waals surface area contributed by atoms with Gasteiger partial charge in [0.25, 0.3) is 15.0 Å². The summed E-state index contributed by atoms with van der Waals surface area (Å²) in [4.78, 5) is 13.7. The highest BCUT2D eigenvalue weighted by Gasteiger charge is 2.33. The summed E-state index contributed by atoms with van der Waals surface area (Å²) in [7, 11) is 1.19. The van der Waals surface area contributed by atoms with Crippen LogP contribution in [0.15, 0.2) is 17.0 Å². The maximum Gasteiger partial charge on any atom is 0.261 e. The van der Waals surface area contributed by atoms with E-state index in [0.29, 0.717) is 6.54 Å². The second kappa shape index (κ2) is 5.33. The monoisotopic (exact) mass is 319 g/mol. The number of benzene rings is 1. The van der Waals surface area contributed by atoms with E-state index in [1.54, 1.807) is 4.90 Å². The highest BCUT2D eigenvalue weighted by atomic mass is 35.7. The van der Waals surface area contributed by atoms with Gasteiger partial charge in [-0.3, -0.25) is 4.79 Å². The maximum atomic E-state index is 13.6. The van der Waals surface area contributed by atoms with Gasteiger partial charge in [0.1, 0.15) is 5.82 Å². The van der Waals surface area contributed by atoms with Crippen molar-refractivity contribution < 1.29 is 17.6 Å². The zero-order chi connectivity index (χ0) is 15.1. The smallest absolute Gasteiger partial charge is 0.261 e. The normalized spacial score (nSPS) is 15.2. The average Bonchev–Trinajstić information content (AvgIpc) is 3.15. The first-order valence-electron chi connectivity index (χ1n) is 6.31. The number of carbonyl (C=O) groups excluding carboxylic acids is 1. The van der Waals surface area contributed by atoms with E-state index in [4.69, 9.17) is 10.7 Å². The van der Waals surface area contributed by atoms with Gasteiger partial charge in [-0.1, -0.05) is 0 Å². The maximum absolute atomic E-state index is 13.6. The fourth-order valence-corrected chi connectivity index (χ4v) is 3.45. The number of rotatable bonds is 4. The minimum Gasteiger partial charge on any atom is -0.336 e. The molecule has 0 unspecified atom stereocenters.